The zero-order valence-electron chi connectivity index (χ0n) is 6.97. The molecule has 2 N–H and O–H groups in total. The third-order valence-electron chi connectivity index (χ3n) is 1.65. The molecule has 0 aliphatic rings. The lowest BCUT2D eigenvalue weighted by Gasteiger charge is -2.11. The molecule has 2 nitrogen and oxygen atoms in total. The fraction of sp³-hybridized carbons (Fsp3) is 0.375. The summed E-state index contributed by atoms with van der Waals surface area (Å²) >= 11 is 5.64. The highest BCUT2D eigenvalue weighted by Crippen LogP contribution is 2.24. The minimum Gasteiger partial charge on any atom is -0.319 e. The fourth-order valence-electron chi connectivity index (χ4n) is 0.920. The second-order valence-electron chi connectivity index (χ2n) is 2.69. The first-order chi connectivity index (χ1) is 6.02. The summed E-state index contributed by atoms with van der Waals surface area (Å²) in [7, 11) is 0. The molecule has 0 aliphatic carbocycles. The van der Waals surface area contributed by atoms with Crippen molar-refractivity contribution < 1.29 is 8.78 Å². The summed E-state index contributed by atoms with van der Waals surface area (Å²) in [5.74, 6) is 0. The van der Waals surface area contributed by atoms with Crippen molar-refractivity contribution in [1.82, 2.24) is 4.98 Å². The van der Waals surface area contributed by atoms with Gasteiger partial charge in [-0.3, -0.25) is 0 Å². The summed E-state index contributed by atoms with van der Waals surface area (Å²) in [5, 5.41) is 0.0489. The Hall–Kier alpha value is -0.740. The van der Waals surface area contributed by atoms with E-state index in [4.69, 9.17) is 17.3 Å². The van der Waals surface area contributed by atoms with E-state index in [-0.39, 0.29) is 10.7 Å². The Morgan fingerprint density at radius 3 is 2.54 bits per heavy atom. The summed E-state index contributed by atoms with van der Waals surface area (Å²) in [6.45, 7) is 1.73. The maximum Gasteiger partial charge on any atom is 0.257 e. The van der Waals surface area contributed by atoms with Crippen LogP contribution in [-0.4, -0.2) is 11.4 Å². The van der Waals surface area contributed by atoms with Crippen LogP contribution >= 0.6 is 11.6 Å². The molecule has 72 valence electrons. The third-order valence-corrected chi connectivity index (χ3v) is 1.95. The van der Waals surface area contributed by atoms with Crippen molar-refractivity contribution in [2.75, 3.05) is 0 Å². The lowest BCUT2D eigenvalue weighted by molar-refractivity contribution is 0.116. The number of pyridine rings is 1. The maximum absolute atomic E-state index is 12.2. The molecule has 0 saturated heterocycles. The second-order valence-corrected chi connectivity index (χ2v) is 3.05. The Bertz CT molecular complexity index is 304. The number of hydrogen-bond acceptors (Lipinski definition) is 2. The van der Waals surface area contributed by atoms with Crippen LogP contribution in [0.1, 0.15) is 17.3 Å². The Morgan fingerprint density at radius 2 is 2.08 bits per heavy atom. The molecule has 0 fully saturated rings. The van der Waals surface area contributed by atoms with E-state index in [1.54, 1.807) is 13.0 Å². The van der Waals surface area contributed by atoms with Crippen molar-refractivity contribution in [1.29, 1.82) is 0 Å². The van der Waals surface area contributed by atoms with Crippen LogP contribution in [0.3, 0.4) is 0 Å². The lowest BCUT2D eigenvalue weighted by atomic mass is 10.1. The van der Waals surface area contributed by atoms with Gasteiger partial charge in [-0.15, -0.1) is 0 Å². The van der Waals surface area contributed by atoms with Gasteiger partial charge in [-0.25, -0.2) is 13.8 Å². The van der Waals surface area contributed by atoms with E-state index < -0.39 is 12.5 Å². The number of rotatable bonds is 2. The molecular weight excluding hydrogens is 198 g/mol. The van der Waals surface area contributed by atoms with Gasteiger partial charge >= 0.3 is 0 Å². The molecule has 1 unspecified atom stereocenters. The van der Waals surface area contributed by atoms with Gasteiger partial charge in [0.15, 0.2) is 0 Å². The third kappa shape index (κ3) is 2.35. The van der Waals surface area contributed by atoms with E-state index >= 15 is 0 Å². The Kier molecular flexibility index (Phi) is 3.17. The van der Waals surface area contributed by atoms with E-state index in [9.17, 15) is 8.78 Å². The molecule has 5 heteroatoms. The van der Waals surface area contributed by atoms with Gasteiger partial charge < -0.3 is 5.73 Å². The standard InChI is InChI=1S/C8H9ClF2N2/c1-4-2-3-5(7(9)13-4)6(12)8(10)11/h2-3,6,8H,12H2,1H3. The maximum atomic E-state index is 12.2. The van der Waals surface area contributed by atoms with Crippen LogP contribution in [0.15, 0.2) is 12.1 Å². The smallest absolute Gasteiger partial charge is 0.257 e. The molecule has 0 bridgehead atoms. The molecule has 1 rings (SSSR count). The molecule has 13 heavy (non-hydrogen) atoms. The van der Waals surface area contributed by atoms with Crippen LogP contribution in [0.4, 0.5) is 8.78 Å². The molecule has 1 aromatic rings. The van der Waals surface area contributed by atoms with Crippen molar-refractivity contribution in [2.45, 2.75) is 19.4 Å². The monoisotopic (exact) mass is 206 g/mol. The van der Waals surface area contributed by atoms with Crippen molar-refractivity contribution in [3.8, 4) is 0 Å². The molecule has 0 aliphatic heterocycles. The predicted octanol–water partition coefficient (Wildman–Crippen LogP) is 2.31. The van der Waals surface area contributed by atoms with Gasteiger partial charge in [0.05, 0.1) is 6.04 Å². The van der Waals surface area contributed by atoms with E-state index in [2.05, 4.69) is 4.98 Å². The normalized spacial score (nSPS) is 13.4. The molecule has 1 atom stereocenters. The minimum absolute atomic E-state index is 0.0489. The highest BCUT2D eigenvalue weighted by Gasteiger charge is 2.20. The second kappa shape index (κ2) is 3.98. The number of halogens is 3. The molecule has 1 aromatic heterocycles. The quantitative estimate of drug-likeness (QED) is 0.755. The number of aromatic nitrogens is 1. The highest BCUT2D eigenvalue weighted by atomic mass is 35.5. The highest BCUT2D eigenvalue weighted by molar-refractivity contribution is 6.30. The largest absolute Gasteiger partial charge is 0.319 e. The van der Waals surface area contributed by atoms with Crippen molar-refractivity contribution in [3.05, 3.63) is 28.5 Å². The zero-order chi connectivity index (χ0) is 10.0. The first-order valence-electron chi connectivity index (χ1n) is 3.69. The SMILES string of the molecule is Cc1ccc(C(N)C(F)F)c(Cl)n1. The number of alkyl halides is 2. The van der Waals surface area contributed by atoms with Crippen molar-refractivity contribution >= 4 is 11.6 Å². The topological polar surface area (TPSA) is 38.9 Å². The van der Waals surface area contributed by atoms with Crippen LogP contribution in [0.25, 0.3) is 0 Å². The summed E-state index contributed by atoms with van der Waals surface area (Å²) < 4.78 is 24.4. The van der Waals surface area contributed by atoms with Gasteiger partial charge in [-0.05, 0) is 13.0 Å². The number of nitrogens with two attached hydrogens (primary N) is 1. The van der Waals surface area contributed by atoms with Gasteiger partial charge in [-0.1, -0.05) is 17.7 Å². The molecule has 1 heterocycles. The molecule has 0 saturated carbocycles. The number of hydrogen-bond donors (Lipinski definition) is 1. The molecule has 0 spiro atoms. The predicted molar refractivity (Wildman–Crippen MR) is 46.9 cm³/mol. The zero-order valence-corrected chi connectivity index (χ0v) is 7.72. The Labute approximate surface area is 79.7 Å². The van der Waals surface area contributed by atoms with Crippen LogP contribution in [0.5, 0.6) is 0 Å². The Balaban J connectivity index is 3.01. The summed E-state index contributed by atoms with van der Waals surface area (Å²) in [6, 6.07) is 1.71. The summed E-state index contributed by atoms with van der Waals surface area (Å²) in [4.78, 5) is 3.83. The average molecular weight is 207 g/mol. The van der Waals surface area contributed by atoms with Gasteiger partial charge in [0.25, 0.3) is 6.43 Å². The van der Waals surface area contributed by atoms with E-state index in [1.165, 1.54) is 6.07 Å². The Morgan fingerprint density at radius 1 is 1.46 bits per heavy atom. The van der Waals surface area contributed by atoms with Gasteiger partial charge in [0, 0.05) is 11.3 Å². The van der Waals surface area contributed by atoms with Crippen LogP contribution in [0, 0.1) is 6.92 Å². The van der Waals surface area contributed by atoms with Gasteiger partial charge in [0.1, 0.15) is 5.15 Å². The molecule has 0 radical (unpaired) electrons. The van der Waals surface area contributed by atoms with E-state index in [0.29, 0.717) is 5.69 Å². The average Bonchev–Trinajstić information content (AvgIpc) is 2.03. The first kappa shape index (κ1) is 10.3. The lowest BCUT2D eigenvalue weighted by Crippen LogP contribution is -2.19. The van der Waals surface area contributed by atoms with Crippen molar-refractivity contribution in [2.24, 2.45) is 5.73 Å². The molecule has 0 aromatic carbocycles. The van der Waals surface area contributed by atoms with E-state index in [0.717, 1.165) is 0 Å². The molecule has 0 amide bonds. The van der Waals surface area contributed by atoms with E-state index in [1.807, 2.05) is 0 Å². The van der Waals surface area contributed by atoms with Crippen LogP contribution < -0.4 is 5.73 Å². The van der Waals surface area contributed by atoms with Crippen LogP contribution in [-0.2, 0) is 0 Å². The fourth-order valence-corrected chi connectivity index (χ4v) is 1.24. The first-order valence-corrected chi connectivity index (χ1v) is 4.07. The summed E-state index contributed by atoms with van der Waals surface area (Å²) in [6.07, 6.45) is -2.62. The number of nitrogens with zero attached hydrogens (tertiary/aromatic N) is 1. The summed E-state index contributed by atoms with van der Waals surface area (Å²) in [5.41, 5.74) is 6.07. The van der Waals surface area contributed by atoms with Gasteiger partial charge in [0.2, 0.25) is 0 Å². The molecular formula is C8H9ClF2N2. The van der Waals surface area contributed by atoms with Gasteiger partial charge in [-0.2, -0.15) is 0 Å². The minimum atomic E-state index is -2.62. The van der Waals surface area contributed by atoms with Crippen molar-refractivity contribution in [3.63, 3.8) is 0 Å². The number of aryl methyl sites for hydroxylation is 1. The van der Waals surface area contributed by atoms with Crippen LogP contribution in [0.2, 0.25) is 5.15 Å².